The number of benzene rings is 3. The predicted octanol–water partition coefficient (Wildman–Crippen LogP) is 2.92. The molecule has 0 aliphatic carbocycles. The number of carbonyl (C=O) groups excluding carboxylic acids is 2. The molecule has 11 nitrogen and oxygen atoms in total. The highest BCUT2D eigenvalue weighted by atomic mass is 35.5. The third-order valence-corrected chi connectivity index (χ3v) is 7.59. The third-order valence-electron chi connectivity index (χ3n) is 7.34. The number of halogens is 1. The van der Waals surface area contributed by atoms with E-state index in [9.17, 15) is 19.6 Å². The van der Waals surface area contributed by atoms with E-state index in [2.05, 4.69) is 20.8 Å². The van der Waals surface area contributed by atoms with E-state index in [0.29, 0.717) is 66.2 Å². The maximum Gasteiger partial charge on any atom is 0.488 e. The number of nitrogens with zero attached hydrogens (tertiary/aromatic N) is 4. The highest BCUT2D eigenvalue weighted by Crippen LogP contribution is 2.34. The smallest absolute Gasteiger partial charge is 0.488 e. The van der Waals surface area contributed by atoms with Crippen molar-refractivity contribution < 1.29 is 24.4 Å². The van der Waals surface area contributed by atoms with Gasteiger partial charge in [0.1, 0.15) is 17.6 Å². The van der Waals surface area contributed by atoms with Gasteiger partial charge in [0.2, 0.25) is 5.91 Å². The van der Waals surface area contributed by atoms with Crippen molar-refractivity contribution in [2.75, 3.05) is 19.7 Å². The van der Waals surface area contributed by atoms with E-state index in [4.69, 9.17) is 21.3 Å². The summed E-state index contributed by atoms with van der Waals surface area (Å²) >= 11 is 6.20. The monoisotopic (exact) mass is 628 g/mol. The first-order valence-electron chi connectivity index (χ1n) is 14.8. The molecule has 13 heteroatoms. The number of amides is 2. The summed E-state index contributed by atoms with van der Waals surface area (Å²) in [7, 11) is -1.63. The maximum absolute atomic E-state index is 12.7. The molecule has 0 saturated heterocycles. The Bertz CT molecular complexity index is 1710. The third kappa shape index (κ3) is 7.59. The quantitative estimate of drug-likeness (QED) is 0.139. The van der Waals surface area contributed by atoms with E-state index in [1.54, 1.807) is 30.3 Å². The molecule has 0 fully saturated rings. The van der Waals surface area contributed by atoms with Gasteiger partial charge in [0.15, 0.2) is 5.82 Å². The summed E-state index contributed by atoms with van der Waals surface area (Å²) < 4.78 is 8.06. The fraction of sp³-hybridized carbons (Fsp3) is 0.281. The van der Waals surface area contributed by atoms with E-state index in [1.807, 2.05) is 48.7 Å². The first kappa shape index (κ1) is 31.9. The molecule has 1 aromatic heterocycles. The Labute approximate surface area is 266 Å². The van der Waals surface area contributed by atoms with Crippen molar-refractivity contribution in [3.05, 3.63) is 100 Å². The van der Waals surface area contributed by atoms with Crippen LogP contribution in [-0.2, 0) is 4.79 Å². The highest BCUT2D eigenvalue weighted by molar-refractivity contribution is 6.58. The Hall–Kier alpha value is -4.52. The van der Waals surface area contributed by atoms with Crippen LogP contribution in [0.4, 0.5) is 0 Å². The van der Waals surface area contributed by atoms with E-state index in [-0.39, 0.29) is 23.7 Å². The van der Waals surface area contributed by atoms with Crippen LogP contribution in [-0.4, -0.2) is 69.2 Å². The number of ether oxygens (including phenoxy) is 1. The van der Waals surface area contributed by atoms with Crippen molar-refractivity contribution in [1.82, 2.24) is 25.4 Å². The Balaban J connectivity index is 1.32. The average Bonchev–Trinajstić information content (AvgIpc) is 3.36. The van der Waals surface area contributed by atoms with Gasteiger partial charge in [-0.05, 0) is 74.6 Å². The van der Waals surface area contributed by atoms with E-state index in [1.165, 1.54) is 6.07 Å². The number of aliphatic imine (C=N–C) groups is 1. The molecule has 232 valence electrons. The molecule has 3 aromatic carbocycles. The molecule has 0 radical (unpaired) electrons. The Morgan fingerprint density at radius 2 is 1.82 bits per heavy atom. The second kappa shape index (κ2) is 14.5. The van der Waals surface area contributed by atoms with Gasteiger partial charge in [0, 0.05) is 34.8 Å². The van der Waals surface area contributed by atoms with Crippen molar-refractivity contribution in [2.45, 2.75) is 39.2 Å². The summed E-state index contributed by atoms with van der Waals surface area (Å²) in [5.74, 6) is 1.49. The van der Waals surface area contributed by atoms with Gasteiger partial charge < -0.3 is 25.4 Å². The summed E-state index contributed by atoms with van der Waals surface area (Å²) in [4.78, 5) is 30.2. The minimum absolute atomic E-state index is 0.117. The Kier molecular flexibility index (Phi) is 10.3. The molecule has 1 aliphatic heterocycles. The van der Waals surface area contributed by atoms with Crippen molar-refractivity contribution in [1.29, 1.82) is 0 Å². The Morgan fingerprint density at radius 1 is 1.02 bits per heavy atom. The number of carbonyl (C=O) groups is 2. The number of hydrogen-bond donors (Lipinski definition) is 4. The summed E-state index contributed by atoms with van der Waals surface area (Å²) in [5.41, 5.74) is 3.78. The molecular weight excluding hydrogens is 595 g/mol. The van der Waals surface area contributed by atoms with Crippen molar-refractivity contribution in [2.24, 2.45) is 4.99 Å². The number of aromatic nitrogens is 3. The zero-order chi connectivity index (χ0) is 31.9. The molecule has 0 spiro atoms. The molecule has 5 rings (SSSR count). The minimum atomic E-state index is -1.63. The molecule has 2 heterocycles. The minimum Gasteiger partial charge on any atom is -0.494 e. The predicted molar refractivity (Wildman–Crippen MR) is 173 cm³/mol. The van der Waals surface area contributed by atoms with Gasteiger partial charge in [0.05, 0.1) is 24.4 Å². The lowest BCUT2D eigenvalue weighted by molar-refractivity contribution is -0.121. The van der Waals surface area contributed by atoms with Gasteiger partial charge in [0.25, 0.3) is 5.91 Å². The van der Waals surface area contributed by atoms with Gasteiger partial charge in [-0.25, -0.2) is 0 Å². The second-order valence-corrected chi connectivity index (χ2v) is 11.0. The lowest BCUT2D eigenvalue weighted by atomic mass is 9.79. The maximum atomic E-state index is 12.7. The topological polar surface area (TPSA) is 151 Å². The highest BCUT2D eigenvalue weighted by Gasteiger charge is 2.30. The van der Waals surface area contributed by atoms with Crippen LogP contribution in [0.1, 0.15) is 65.4 Å². The lowest BCUT2D eigenvalue weighted by Crippen LogP contribution is -2.32. The second-order valence-electron chi connectivity index (χ2n) is 10.6. The van der Waals surface area contributed by atoms with Crippen molar-refractivity contribution in [3.63, 3.8) is 0 Å². The number of aryl methyl sites for hydroxylation is 1. The first-order valence-corrected chi connectivity index (χ1v) is 15.2. The molecule has 45 heavy (non-hydrogen) atoms. The van der Waals surface area contributed by atoms with Gasteiger partial charge in [-0.3, -0.25) is 19.1 Å². The standard InChI is InChI=1S/C32H34BClN6O5/c1-3-35-29(41)19-27-31-39-38-20(2)40(31)28-14-13-25(18-26(28)30(37-27)21-9-11-24(34)12-10-21)45-16-5-4-15-36-32(42)22-7-6-8-23(17-22)33(43)44/h6-14,17-18,27,43-44H,3-5,15-16,19H2,1-2H3,(H,35,41)(H,36,42). The molecule has 1 aliphatic rings. The van der Waals surface area contributed by atoms with Crippen LogP contribution in [0, 0.1) is 6.92 Å². The number of fused-ring (bicyclic) bond motifs is 3. The number of unbranched alkanes of at least 4 members (excludes halogenated alkanes) is 1. The van der Waals surface area contributed by atoms with Crippen molar-refractivity contribution >= 4 is 41.7 Å². The zero-order valence-corrected chi connectivity index (χ0v) is 25.8. The van der Waals surface area contributed by atoms with Crippen LogP contribution in [0.2, 0.25) is 5.02 Å². The fourth-order valence-corrected chi connectivity index (χ4v) is 5.27. The summed E-state index contributed by atoms with van der Waals surface area (Å²) in [6, 6.07) is 18.8. The van der Waals surface area contributed by atoms with Crippen LogP contribution >= 0.6 is 11.6 Å². The number of hydrogen-bond acceptors (Lipinski definition) is 8. The van der Waals surface area contributed by atoms with Crippen LogP contribution in [0.5, 0.6) is 5.75 Å². The number of nitrogens with one attached hydrogen (secondary N) is 2. The fourth-order valence-electron chi connectivity index (χ4n) is 5.15. The van der Waals surface area contributed by atoms with Crippen molar-refractivity contribution in [3.8, 4) is 11.4 Å². The molecule has 4 aromatic rings. The van der Waals surface area contributed by atoms with Gasteiger partial charge in [-0.1, -0.05) is 35.9 Å². The zero-order valence-electron chi connectivity index (χ0n) is 25.0. The Morgan fingerprint density at radius 3 is 2.58 bits per heavy atom. The summed E-state index contributed by atoms with van der Waals surface area (Å²) in [6.07, 6.45) is 1.49. The van der Waals surface area contributed by atoms with Gasteiger partial charge >= 0.3 is 7.12 Å². The molecule has 1 unspecified atom stereocenters. The van der Waals surface area contributed by atoms with Crippen LogP contribution in [0.15, 0.2) is 71.7 Å². The normalized spacial score (nSPS) is 13.6. The molecule has 0 saturated carbocycles. The summed E-state index contributed by atoms with van der Waals surface area (Å²) in [5, 5.41) is 33.7. The van der Waals surface area contributed by atoms with Crippen LogP contribution in [0.25, 0.3) is 5.69 Å². The molecular formula is C32H34BClN6O5. The largest absolute Gasteiger partial charge is 0.494 e. The SMILES string of the molecule is CCNC(=O)CC1N=C(c2ccc(Cl)cc2)c2cc(OCCCCNC(=O)c3cccc(B(O)O)c3)ccc2-n2c(C)nnc21. The van der Waals surface area contributed by atoms with Gasteiger partial charge in [-0.2, -0.15) is 0 Å². The first-order chi connectivity index (χ1) is 21.7. The molecule has 2 amide bonds. The summed E-state index contributed by atoms with van der Waals surface area (Å²) in [6.45, 7) is 5.12. The van der Waals surface area contributed by atoms with Crippen LogP contribution in [0.3, 0.4) is 0 Å². The average molecular weight is 629 g/mol. The van der Waals surface area contributed by atoms with E-state index >= 15 is 0 Å². The molecule has 0 bridgehead atoms. The van der Waals surface area contributed by atoms with E-state index in [0.717, 1.165) is 16.8 Å². The van der Waals surface area contributed by atoms with Gasteiger partial charge in [-0.15, -0.1) is 10.2 Å². The molecule has 1 atom stereocenters. The lowest BCUT2D eigenvalue weighted by Gasteiger charge is -2.15. The van der Waals surface area contributed by atoms with Crippen LogP contribution < -0.4 is 20.8 Å². The molecule has 4 N–H and O–H groups in total. The number of rotatable bonds is 12. The van der Waals surface area contributed by atoms with E-state index < -0.39 is 13.2 Å².